The van der Waals surface area contributed by atoms with E-state index < -0.39 is 6.10 Å². The van der Waals surface area contributed by atoms with Crippen molar-refractivity contribution in [3.05, 3.63) is 53.9 Å². The fraction of sp³-hybridized carbons (Fsp3) is 0.0769. The number of aliphatic hydroxyl groups excluding tert-OH is 1. The van der Waals surface area contributed by atoms with E-state index in [1.54, 1.807) is 12.1 Å². The zero-order valence-electron chi connectivity index (χ0n) is 9.54. The number of nitrogens with two attached hydrogens (primary N) is 1. The van der Waals surface area contributed by atoms with Crippen molar-refractivity contribution in [2.75, 3.05) is 5.73 Å². The number of aromatic amines is 1. The molecule has 0 spiro atoms. The van der Waals surface area contributed by atoms with Crippen molar-refractivity contribution in [3.8, 4) is 0 Å². The predicted octanol–water partition coefficient (Wildman–Crippen LogP) is 1.62. The smallest absolute Gasteiger partial charge is 0.179 e. The quantitative estimate of drug-likeness (QED) is 0.635. The van der Waals surface area contributed by atoms with E-state index in [0.29, 0.717) is 17.3 Å². The molecule has 0 fully saturated rings. The van der Waals surface area contributed by atoms with Gasteiger partial charge in [0.25, 0.3) is 0 Å². The number of aromatic nitrogens is 3. The van der Waals surface area contributed by atoms with E-state index in [4.69, 9.17) is 5.73 Å². The average molecular weight is 240 g/mol. The lowest BCUT2D eigenvalue weighted by molar-refractivity contribution is 0.211. The maximum absolute atomic E-state index is 10.2. The molecule has 0 bridgehead atoms. The molecule has 0 aliphatic rings. The molecule has 0 radical (unpaired) electrons. The Morgan fingerprint density at radius 2 is 1.83 bits per heavy atom. The van der Waals surface area contributed by atoms with Gasteiger partial charge < -0.3 is 15.8 Å². The van der Waals surface area contributed by atoms with E-state index in [1.165, 1.54) is 0 Å². The molecule has 5 nitrogen and oxygen atoms in total. The van der Waals surface area contributed by atoms with Crippen LogP contribution in [0.4, 0.5) is 5.82 Å². The normalized spacial score (nSPS) is 12.7. The molecule has 2 heterocycles. The first-order valence-electron chi connectivity index (χ1n) is 5.59. The summed E-state index contributed by atoms with van der Waals surface area (Å²) < 4.78 is 0. The summed E-state index contributed by atoms with van der Waals surface area (Å²) in [5.41, 5.74) is 7.65. The van der Waals surface area contributed by atoms with Crippen LogP contribution in [0.1, 0.15) is 17.5 Å². The number of aliphatic hydroxyl groups is 1. The Hall–Kier alpha value is -2.40. The predicted molar refractivity (Wildman–Crippen MR) is 68.8 cm³/mol. The second-order valence-electron chi connectivity index (χ2n) is 4.04. The molecule has 0 saturated heterocycles. The molecule has 18 heavy (non-hydrogen) atoms. The summed E-state index contributed by atoms with van der Waals surface area (Å²) in [6.07, 6.45) is -0.790. The summed E-state index contributed by atoms with van der Waals surface area (Å²) in [7, 11) is 0. The average Bonchev–Trinajstić information content (AvgIpc) is 2.81. The maximum Gasteiger partial charge on any atom is 0.179 e. The highest BCUT2D eigenvalue weighted by atomic mass is 16.3. The number of fused-ring (bicyclic) bond motifs is 1. The van der Waals surface area contributed by atoms with Crippen molar-refractivity contribution in [3.63, 3.8) is 0 Å². The number of hydrogen-bond acceptors (Lipinski definition) is 4. The van der Waals surface area contributed by atoms with Crippen molar-refractivity contribution in [2.24, 2.45) is 0 Å². The lowest BCUT2D eigenvalue weighted by atomic mass is 10.1. The molecule has 5 heteroatoms. The number of imidazole rings is 1. The van der Waals surface area contributed by atoms with Crippen LogP contribution in [0.5, 0.6) is 0 Å². The summed E-state index contributed by atoms with van der Waals surface area (Å²) in [5, 5.41) is 10.2. The molecule has 90 valence electrons. The Kier molecular flexibility index (Phi) is 2.46. The second kappa shape index (κ2) is 4.12. The molecule has 4 N–H and O–H groups in total. The molecular formula is C13H12N4O. The number of benzene rings is 1. The van der Waals surface area contributed by atoms with Crippen molar-refractivity contribution >= 4 is 17.0 Å². The van der Waals surface area contributed by atoms with E-state index in [9.17, 15) is 5.11 Å². The second-order valence-corrected chi connectivity index (χ2v) is 4.04. The van der Waals surface area contributed by atoms with E-state index in [0.717, 1.165) is 11.1 Å². The fourth-order valence-electron chi connectivity index (χ4n) is 1.85. The molecule has 1 unspecified atom stereocenters. The Balaban J connectivity index is 2.04. The maximum atomic E-state index is 10.2. The van der Waals surface area contributed by atoms with Crippen LogP contribution in [0.25, 0.3) is 11.2 Å². The Labute approximate surface area is 103 Å². The molecule has 2 aromatic heterocycles. The summed E-state index contributed by atoms with van der Waals surface area (Å²) >= 11 is 0. The molecule has 1 aromatic carbocycles. The molecule has 1 atom stereocenters. The molecular weight excluding hydrogens is 228 g/mol. The number of pyridine rings is 1. The van der Waals surface area contributed by atoms with Crippen LogP contribution in [-0.2, 0) is 0 Å². The number of nitrogen functional groups attached to an aromatic ring is 1. The molecule has 3 rings (SSSR count). The first-order valence-corrected chi connectivity index (χ1v) is 5.59. The zero-order valence-corrected chi connectivity index (χ0v) is 9.54. The topological polar surface area (TPSA) is 87.8 Å². The fourth-order valence-corrected chi connectivity index (χ4v) is 1.85. The van der Waals surface area contributed by atoms with E-state index in [2.05, 4.69) is 15.0 Å². The summed E-state index contributed by atoms with van der Waals surface area (Å²) in [4.78, 5) is 11.4. The molecule has 0 amide bonds. The van der Waals surface area contributed by atoms with Gasteiger partial charge in [-0.1, -0.05) is 30.3 Å². The van der Waals surface area contributed by atoms with Crippen LogP contribution < -0.4 is 5.73 Å². The van der Waals surface area contributed by atoms with Crippen LogP contribution in [-0.4, -0.2) is 20.1 Å². The minimum Gasteiger partial charge on any atom is -0.384 e. The van der Waals surface area contributed by atoms with Crippen molar-refractivity contribution in [2.45, 2.75) is 6.10 Å². The number of nitrogens with one attached hydrogen (secondary N) is 1. The third-order valence-electron chi connectivity index (χ3n) is 2.76. The van der Waals surface area contributed by atoms with Crippen LogP contribution in [0.3, 0.4) is 0 Å². The molecule has 3 aromatic rings. The largest absolute Gasteiger partial charge is 0.384 e. The van der Waals surface area contributed by atoms with Gasteiger partial charge >= 0.3 is 0 Å². The highest BCUT2D eigenvalue weighted by molar-refractivity contribution is 5.72. The lowest BCUT2D eigenvalue weighted by Crippen LogP contribution is -2.01. The SMILES string of the molecule is Nc1ccc2[nH]c(C(O)c3ccccc3)nc2n1. The molecule has 0 aliphatic heterocycles. The van der Waals surface area contributed by atoms with Gasteiger partial charge in [0.15, 0.2) is 5.65 Å². The standard InChI is InChI=1S/C13H12N4O/c14-10-7-6-9-12(16-10)17-13(15-9)11(18)8-4-2-1-3-5-8/h1-7,11,18H,(H3,14,15,16,17). The molecule has 0 saturated carbocycles. The first-order chi connectivity index (χ1) is 8.74. The number of nitrogens with zero attached hydrogens (tertiary/aromatic N) is 2. The monoisotopic (exact) mass is 240 g/mol. The van der Waals surface area contributed by atoms with Crippen molar-refractivity contribution < 1.29 is 5.11 Å². The van der Waals surface area contributed by atoms with Gasteiger partial charge in [-0.15, -0.1) is 0 Å². The number of rotatable bonds is 2. The van der Waals surface area contributed by atoms with Crippen molar-refractivity contribution in [1.29, 1.82) is 0 Å². The van der Waals surface area contributed by atoms with E-state index in [1.807, 2.05) is 30.3 Å². The Morgan fingerprint density at radius 3 is 2.61 bits per heavy atom. The first kappa shape index (κ1) is 10.7. The summed E-state index contributed by atoms with van der Waals surface area (Å²) in [6.45, 7) is 0. The summed E-state index contributed by atoms with van der Waals surface area (Å²) in [5.74, 6) is 0.879. The highest BCUT2D eigenvalue weighted by Gasteiger charge is 2.15. The Morgan fingerprint density at radius 1 is 1.06 bits per heavy atom. The van der Waals surface area contributed by atoms with Gasteiger partial charge in [-0.25, -0.2) is 9.97 Å². The third-order valence-corrected chi connectivity index (χ3v) is 2.76. The minimum absolute atomic E-state index is 0.412. The van der Waals surface area contributed by atoms with Crippen molar-refractivity contribution in [1.82, 2.24) is 15.0 Å². The molecule has 0 aliphatic carbocycles. The van der Waals surface area contributed by atoms with Gasteiger partial charge in [-0.2, -0.15) is 0 Å². The minimum atomic E-state index is -0.790. The van der Waals surface area contributed by atoms with Crippen LogP contribution in [0.2, 0.25) is 0 Å². The van der Waals surface area contributed by atoms with Crippen LogP contribution in [0, 0.1) is 0 Å². The van der Waals surface area contributed by atoms with Gasteiger partial charge in [0.1, 0.15) is 17.7 Å². The van der Waals surface area contributed by atoms with Gasteiger partial charge in [-0.3, -0.25) is 0 Å². The lowest BCUT2D eigenvalue weighted by Gasteiger charge is -2.06. The number of anilines is 1. The van der Waals surface area contributed by atoms with Gasteiger partial charge in [0.05, 0.1) is 5.52 Å². The van der Waals surface area contributed by atoms with Gasteiger partial charge in [-0.05, 0) is 17.7 Å². The van der Waals surface area contributed by atoms with Gasteiger partial charge in [0.2, 0.25) is 0 Å². The highest BCUT2D eigenvalue weighted by Crippen LogP contribution is 2.21. The number of hydrogen-bond donors (Lipinski definition) is 3. The zero-order chi connectivity index (χ0) is 12.5. The third kappa shape index (κ3) is 1.80. The van der Waals surface area contributed by atoms with E-state index in [-0.39, 0.29) is 0 Å². The van der Waals surface area contributed by atoms with E-state index >= 15 is 0 Å². The Bertz CT molecular complexity index is 678. The van der Waals surface area contributed by atoms with Gasteiger partial charge in [0, 0.05) is 0 Å². The van der Waals surface area contributed by atoms with Crippen LogP contribution in [0.15, 0.2) is 42.5 Å². The van der Waals surface area contributed by atoms with Crippen LogP contribution >= 0.6 is 0 Å². The number of H-pyrrole nitrogens is 1. The summed E-state index contributed by atoms with van der Waals surface area (Å²) in [6, 6.07) is 12.8.